The highest BCUT2D eigenvalue weighted by molar-refractivity contribution is 6.28. The first kappa shape index (κ1) is 38.9. The molecule has 0 amide bonds. The first-order chi connectivity index (χ1) is 27.3. The van der Waals surface area contributed by atoms with Crippen LogP contribution in [0.5, 0.6) is 11.5 Å². The molecule has 5 aromatic rings. The van der Waals surface area contributed by atoms with E-state index in [1.165, 1.54) is 0 Å². The van der Waals surface area contributed by atoms with Gasteiger partial charge >= 0.3 is 5.97 Å². The molecule has 0 saturated carbocycles. The lowest BCUT2D eigenvalue weighted by atomic mass is 9.95. The summed E-state index contributed by atoms with van der Waals surface area (Å²) in [6.07, 6.45) is 2.45. The molecule has 4 aromatic carbocycles. The summed E-state index contributed by atoms with van der Waals surface area (Å²) in [4.78, 5) is 22.6. The molecule has 0 atom stereocenters. The molecule has 0 spiro atoms. The third kappa shape index (κ3) is 8.70. The van der Waals surface area contributed by atoms with Crippen molar-refractivity contribution >= 4 is 44.6 Å². The predicted octanol–water partition coefficient (Wildman–Crippen LogP) is 6.64. The van der Waals surface area contributed by atoms with Crippen LogP contribution in [0.1, 0.15) is 47.8 Å². The molecule has 2 fully saturated rings. The monoisotopic (exact) mass is 759 g/mol. The fraction of sp³-hybridized carbons (Fsp3) is 0.378. The van der Waals surface area contributed by atoms with E-state index in [0.29, 0.717) is 62.9 Å². The minimum absolute atomic E-state index is 0.171. The lowest BCUT2D eigenvalue weighted by molar-refractivity contribution is 0.0362. The van der Waals surface area contributed by atoms with Crippen LogP contribution in [0.3, 0.4) is 0 Å². The third-order valence-electron chi connectivity index (χ3n) is 11.0. The number of nitrogens with zero attached hydrogens (tertiary/aromatic N) is 4. The number of aliphatic imine (C=N–C) groups is 1. The maximum absolute atomic E-state index is 13.3. The molecule has 2 saturated heterocycles. The molecule has 1 aromatic heterocycles. The van der Waals surface area contributed by atoms with Crippen molar-refractivity contribution in [2.45, 2.75) is 45.3 Å². The number of allylic oxidation sites excluding steroid dienone is 1. The zero-order valence-electron chi connectivity index (χ0n) is 32.5. The van der Waals surface area contributed by atoms with Crippen LogP contribution < -0.4 is 20.1 Å². The van der Waals surface area contributed by atoms with E-state index in [2.05, 4.69) is 33.0 Å². The number of para-hydroxylation sites is 1. The molecule has 0 unspecified atom stereocenters. The number of benzene rings is 4. The predicted molar refractivity (Wildman–Crippen MR) is 223 cm³/mol. The molecule has 56 heavy (non-hydrogen) atoms. The van der Waals surface area contributed by atoms with Crippen molar-refractivity contribution in [1.82, 2.24) is 9.47 Å². The number of rotatable bonds is 15. The lowest BCUT2D eigenvalue weighted by Crippen LogP contribution is -2.38. The Kier molecular flexibility index (Phi) is 12.5. The van der Waals surface area contributed by atoms with Gasteiger partial charge in [0.05, 0.1) is 37.2 Å². The lowest BCUT2D eigenvalue weighted by Gasteiger charge is -2.31. The van der Waals surface area contributed by atoms with Crippen molar-refractivity contribution in [3.63, 3.8) is 0 Å². The SMILES string of the molecule is CN=C(COc1ccc(N2CCC(O)CC2)cc1)/C(=C(/C)N)c1cccc2c(CCCOc3cccc4ccccc34)c(C(=O)O)n(CCN3CCOCC3)c12. The standard InChI is InChI=1S/C45H53N5O6/c1-31(46)42(40(47-2)30-56-35-17-15-33(16-18-35)49-21-19-34(51)20-22-49)39-12-6-11-37-38(13-7-27-55-41-14-5-9-32-8-3-4-10-36(32)41)44(45(52)53)50(43(37)39)24-23-48-25-28-54-29-26-48/h3-6,8-12,14-18,34,51H,7,13,19-30,46H2,1-2H3,(H,52,53)/b42-31-,47-40?. The molecule has 2 aliphatic heterocycles. The van der Waals surface area contributed by atoms with Gasteiger partial charge in [-0.15, -0.1) is 0 Å². The Balaban J connectivity index is 1.18. The highest BCUT2D eigenvalue weighted by Crippen LogP contribution is 2.35. The van der Waals surface area contributed by atoms with Gasteiger partial charge < -0.3 is 39.6 Å². The minimum Gasteiger partial charge on any atom is -0.493 e. The van der Waals surface area contributed by atoms with Crippen molar-refractivity contribution in [3.05, 3.63) is 107 Å². The van der Waals surface area contributed by atoms with E-state index in [-0.39, 0.29) is 18.4 Å². The van der Waals surface area contributed by atoms with E-state index in [0.717, 1.165) is 88.8 Å². The van der Waals surface area contributed by atoms with Gasteiger partial charge in [0.15, 0.2) is 0 Å². The second-order valence-corrected chi connectivity index (χ2v) is 14.6. The van der Waals surface area contributed by atoms with E-state index < -0.39 is 5.97 Å². The number of aromatic carboxylic acids is 1. The van der Waals surface area contributed by atoms with E-state index in [1.54, 1.807) is 7.05 Å². The van der Waals surface area contributed by atoms with Gasteiger partial charge in [0, 0.05) is 79.6 Å². The van der Waals surface area contributed by atoms with Crippen molar-refractivity contribution < 1.29 is 29.2 Å². The van der Waals surface area contributed by atoms with Crippen LogP contribution in [0, 0.1) is 0 Å². The third-order valence-corrected chi connectivity index (χ3v) is 11.0. The number of carbonyl (C=O) groups is 1. The number of carboxylic acids is 1. The number of hydrogen-bond acceptors (Lipinski definition) is 9. The summed E-state index contributed by atoms with van der Waals surface area (Å²) in [5.74, 6) is 0.553. The number of morpholine rings is 1. The first-order valence-electron chi connectivity index (χ1n) is 19.7. The number of ether oxygens (including phenoxy) is 3. The van der Waals surface area contributed by atoms with Gasteiger partial charge in [0.25, 0.3) is 0 Å². The van der Waals surface area contributed by atoms with Gasteiger partial charge in [-0.25, -0.2) is 4.79 Å². The van der Waals surface area contributed by atoms with Crippen molar-refractivity contribution in [2.75, 3.05) is 71.1 Å². The molecule has 0 radical (unpaired) electrons. The van der Waals surface area contributed by atoms with Crippen molar-refractivity contribution in [3.8, 4) is 11.5 Å². The van der Waals surface area contributed by atoms with Crippen LogP contribution in [-0.2, 0) is 17.7 Å². The highest BCUT2D eigenvalue weighted by Gasteiger charge is 2.27. The topological polar surface area (TPSA) is 135 Å². The fourth-order valence-corrected chi connectivity index (χ4v) is 8.09. The number of fused-ring (bicyclic) bond motifs is 2. The molecule has 0 bridgehead atoms. The first-order valence-corrected chi connectivity index (χ1v) is 19.7. The molecule has 4 N–H and O–H groups in total. The molecule has 3 heterocycles. The zero-order valence-corrected chi connectivity index (χ0v) is 32.5. The van der Waals surface area contributed by atoms with Gasteiger partial charge in [-0.3, -0.25) is 9.89 Å². The highest BCUT2D eigenvalue weighted by atomic mass is 16.5. The Morgan fingerprint density at radius 1 is 0.893 bits per heavy atom. The van der Waals surface area contributed by atoms with Crippen molar-refractivity contribution in [2.24, 2.45) is 10.7 Å². The maximum Gasteiger partial charge on any atom is 0.352 e. The summed E-state index contributed by atoms with van der Waals surface area (Å²) < 4.78 is 20.2. The van der Waals surface area contributed by atoms with Crippen LogP contribution in [0.15, 0.2) is 95.6 Å². The number of aryl methyl sites for hydroxylation is 1. The Bertz CT molecular complexity index is 2190. The zero-order chi connectivity index (χ0) is 39.0. The number of aromatic nitrogens is 1. The molecule has 2 aliphatic rings. The number of hydrogen-bond donors (Lipinski definition) is 3. The molecular weight excluding hydrogens is 707 g/mol. The summed E-state index contributed by atoms with van der Waals surface area (Å²) >= 11 is 0. The minimum atomic E-state index is -0.967. The average Bonchev–Trinajstić information content (AvgIpc) is 3.55. The van der Waals surface area contributed by atoms with E-state index >= 15 is 0 Å². The largest absolute Gasteiger partial charge is 0.493 e. The van der Waals surface area contributed by atoms with Crippen LogP contribution in [0.25, 0.3) is 27.2 Å². The van der Waals surface area contributed by atoms with E-state index in [1.807, 2.05) is 78.2 Å². The van der Waals surface area contributed by atoms with Crippen LogP contribution in [0.4, 0.5) is 5.69 Å². The van der Waals surface area contributed by atoms with Crippen LogP contribution >= 0.6 is 0 Å². The van der Waals surface area contributed by atoms with Crippen LogP contribution in [0.2, 0.25) is 0 Å². The summed E-state index contributed by atoms with van der Waals surface area (Å²) in [6, 6.07) is 28.2. The molecule has 7 rings (SSSR count). The summed E-state index contributed by atoms with van der Waals surface area (Å²) in [6.45, 7) is 8.18. The normalized spacial score (nSPS) is 16.3. The summed E-state index contributed by atoms with van der Waals surface area (Å²) in [5, 5.41) is 23.8. The van der Waals surface area contributed by atoms with Gasteiger partial charge in [0.2, 0.25) is 0 Å². The Labute approximate surface area is 328 Å². The van der Waals surface area contributed by atoms with Gasteiger partial charge in [0.1, 0.15) is 23.8 Å². The van der Waals surface area contributed by atoms with E-state index in [4.69, 9.17) is 19.9 Å². The molecular formula is C45H53N5O6. The van der Waals surface area contributed by atoms with Crippen LogP contribution in [-0.4, -0.2) is 104 Å². The van der Waals surface area contributed by atoms with E-state index in [9.17, 15) is 15.0 Å². The number of carboxylic acid groups (broad SMARTS) is 1. The Morgan fingerprint density at radius 3 is 2.34 bits per heavy atom. The van der Waals surface area contributed by atoms with Gasteiger partial charge in [-0.2, -0.15) is 0 Å². The fourth-order valence-electron chi connectivity index (χ4n) is 8.09. The number of aliphatic hydroxyl groups excluding tert-OH is 1. The quantitative estimate of drug-likeness (QED) is 0.0794. The molecule has 11 heteroatoms. The average molecular weight is 760 g/mol. The van der Waals surface area contributed by atoms with Crippen molar-refractivity contribution in [1.29, 1.82) is 0 Å². The Morgan fingerprint density at radius 2 is 1.61 bits per heavy atom. The second-order valence-electron chi connectivity index (χ2n) is 14.6. The maximum atomic E-state index is 13.3. The number of anilines is 1. The Hall–Kier alpha value is -5.36. The van der Waals surface area contributed by atoms with Gasteiger partial charge in [-0.05, 0) is 73.9 Å². The molecule has 11 nitrogen and oxygen atoms in total. The second kappa shape index (κ2) is 18.1. The smallest absolute Gasteiger partial charge is 0.352 e. The summed E-state index contributed by atoms with van der Waals surface area (Å²) in [5.41, 5.74) is 12.5. The molecule has 0 aliphatic carbocycles. The number of nitrogens with two attached hydrogens (primary N) is 1. The number of aliphatic hydroxyl groups is 1. The van der Waals surface area contributed by atoms with Gasteiger partial charge in [-0.1, -0.05) is 54.6 Å². The number of piperidine rings is 1. The molecule has 294 valence electrons. The summed E-state index contributed by atoms with van der Waals surface area (Å²) in [7, 11) is 1.73.